The summed E-state index contributed by atoms with van der Waals surface area (Å²) in [5.74, 6) is 0.879. The molecule has 2 aromatic carbocycles. The Kier molecular flexibility index (Phi) is 5.97. The van der Waals surface area contributed by atoms with Gasteiger partial charge in [-0.25, -0.2) is 4.68 Å². The van der Waals surface area contributed by atoms with Crippen LogP contribution in [0.5, 0.6) is 11.5 Å². The number of methoxy groups -OCH3 is 1. The van der Waals surface area contributed by atoms with Gasteiger partial charge in [-0.05, 0) is 54.1 Å². The number of thiazole rings is 1. The molecule has 27 heavy (non-hydrogen) atoms. The summed E-state index contributed by atoms with van der Waals surface area (Å²) in [5.41, 5.74) is 2.52. The molecule has 3 aromatic rings. The van der Waals surface area contributed by atoms with Crippen molar-refractivity contribution in [1.82, 2.24) is 4.68 Å². The molecule has 5 nitrogen and oxygen atoms in total. The van der Waals surface area contributed by atoms with Crippen molar-refractivity contribution in [2.24, 2.45) is 10.1 Å². The first-order chi connectivity index (χ1) is 13.1. The lowest BCUT2D eigenvalue weighted by Gasteiger charge is -2.06. The third kappa shape index (κ3) is 4.59. The van der Waals surface area contributed by atoms with Crippen molar-refractivity contribution in [3.63, 3.8) is 0 Å². The van der Waals surface area contributed by atoms with Crippen LogP contribution in [0.1, 0.15) is 5.56 Å². The quantitative estimate of drug-likeness (QED) is 0.592. The fourth-order valence-corrected chi connectivity index (χ4v) is 3.19. The molecule has 1 heterocycles. The van der Waals surface area contributed by atoms with E-state index in [0.717, 1.165) is 22.6 Å². The van der Waals surface area contributed by atoms with Crippen LogP contribution in [-0.2, 0) is 0 Å². The smallest absolute Gasteiger partial charge is 0.387 e. The van der Waals surface area contributed by atoms with Crippen molar-refractivity contribution in [2.45, 2.75) is 6.61 Å². The third-order valence-corrected chi connectivity index (χ3v) is 4.60. The summed E-state index contributed by atoms with van der Waals surface area (Å²) >= 11 is 1.44. The minimum Gasteiger partial charge on any atom is -0.497 e. The topological polar surface area (TPSA) is 48.1 Å². The van der Waals surface area contributed by atoms with E-state index in [0.29, 0.717) is 4.80 Å². The van der Waals surface area contributed by atoms with E-state index in [1.165, 1.54) is 23.5 Å². The van der Waals surface area contributed by atoms with E-state index in [1.54, 1.807) is 37.2 Å². The molecule has 0 aliphatic heterocycles. The predicted octanol–water partition coefficient (Wildman–Crippen LogP) is 4.24. The van der Waals surface area contributed by atoms with Gasteiger partial charge in [0.2, 0.25) is 4.80 Å². The second-order valence-corrected chi connectivity index (χ2v) is 6.20. The van der Waals surface area contributed by atoms with Gasteiger partial charge in [0.25, 0.3) is 0 Å². The van der Waals surface area contributed by atoms with Crippen LogP contribution in [0.3, 0.4) is 0 Å². The second-order valence-electron chi connectivity index (χ2n) is 5.36. The molecule has 0 saturated carbocycles. The van der Waals surface area contributed by atoms with Gasteiger partial charge >= 0.3 is 6.61 Å². The van der Waals surface area contributed by atoms with E-state index in [4.69, 9.17) is 4.74 Å². The van der Waals surface area contributed by atoms with Crippen molar-refractivity contribution in [3.8, 4) is 22.8 Å². The minimum atomic E-state index is -2.85. The Bertz CT molecular complexity index is 977. The molecule has 8 heteroatoms. The second kappa shape index (κ2) is 8.59. The molecule has 0 amide bonds. The molecule has 0 saturated heterocycles. The van der Waals surface area contributed by atoms with Gasteiger partial charge < -0.3 is 9.47 Å². The number of alkyl halides is 2. The van der Waals surface area contributed by atoms with Crippen molar-refractivity contribution >= 4 is 17.6 Å². The van der Waals surface area contributed by atoms with Crippen LogP contribution >= 0.6 is 11.3 Å². The van der Waals surface area contributed by atoms with Gasteiger partial charge in [-0.1, -0.05) is 0 Å². The van der Waals surface area contributed by atoms with Crippen LogP contribution in [0.4, 0.5) is 8.78 Å². The molecular formula is C19H17F2N3O2S. The summed E-state index contributed by atoms with van der Waals surface area (Å²) in [4.78, 5) is 4.95. The highest BCUT2D eigenvalue weighted by atomic mass is 32.1. The zero-order chi connectivity index (χ0) is 19.2. The minimum absolute atomic E-state index is 0.109. The molecule has 1 aromatic heterocycles. The highest BCUT2D eigenvalue weighted by molar-refractivity contribution is 7.07. The summed E-state index contributed by atoms with van der Waals surface area (Å²) in [6, 6.07) is 13.9. The summed E-state index contributed by atoms with van der Waals surface area (Å²) in [7, 11) is 3.30. The molecule has 0 aliphatic rings. The zero-order valence-electron chi connectivity index (χ0n) is 14.7. The van der Waals surface area contributed by atoms with Crippen molar-refractivity contribution in [2.75, 3.05) is 14.2 Å². The number of benzene rings is 2. The van der Waals surface area contributed by atoms with Crippen LogP contribution in [0.25, 0.3) is 11.3 Å². The average molecular weight is 389 g/mol. The Morgan fingerprint density at radius 2 is 1.70 bits per heavy atom. The molecule has 0 unspecified atom stereocenters. The molecule has 0 atom stereocenters. The summed E-state index contributed by atoms with van der Waals surface area (Å²) in [6.07, 6.45) is 1.72. The fraction of sp³-hybridized carbons (Fsp3) is 0.158. The zero-order valence-corrected chi connectivity index (χ0v) is 15.5. The Hall–Kier alpha value is -3.00. The first kappa shape index (κ1) is 18.8. The maximum absolute atomic E-state index is 12.3. The molecule has 0 N–H and O–H groups in total. The molecule has 0 bridgehead atoms. The van der Waals surface area contributed by atoms with E-state index in [-0.39, 0.29) is 5.75 Å². The first-order valence-electron chi connectivity index (χ1n) is 7.97. The highest BCUT2D eigenvalue weighted by Gasteiger charge is 2.09. The lowest BCUT2D eigenvalue weighted by atomic mass is 10.2. The van der Waals surface area contributed by atoms with Gasteiger partial charge in [0.1, 0.15) is 11.5 Å². The normalized spacial score (nSPS) is 12.1. The monoisotopic (exact) mass is 389 g/mol. The number of halogens is 2. The Morgan fingerprint density at radius 3 is 2.30 bits per heavy atom. The molecule has 0 fully saturated rings. The van der Waals surface area contributed by atoms with Crippen molar-refractivity contribution < 1.29 is 18.3 Å². The molecule has 0 aliphatic carbocycles. The maximum atomic E-state index is 12.3. The van der Waals surface area contributed by atoms with Gasteiger partial charge in [-0.15, -0.1) is 11.3 Å². The lowest BCUT2D eigenvalue weighted by molar-refractivity contribution is -0.0498. The average Bonchev–Trinajstić information content (AvgIpc) is 3.10. The fourth-order valence-electron chi connectivity index (χ4n) is 2.38. The van der Waals surface area contributed by atoms with Gasteiger partial charge in [-0.3, -0.25) is 4.99 Å². The Balaban J connectivity index is 1.91. The third-order valence-electron chi connectivity index (χ3n) is 3.69. The van der Waals surface area contributed by atoms with Crippen LogP contribution in [0, 0.1) is 0 Å². The van der Waals surface area contributed by atoms with E-state index in [9.17, 15) is 8.78 Å². The van der Waals surface area contributed by atoms with E-state index in [2.05, 4.69) is 14.8 Å². The predicted molar refractivity (Wildman–Crippen MR) is 102 cm³/mol. The van der Waals surface area contributed by atoms with Gasteiger partial charge in [0.05, 0.1) is 19.0 Å². The van der Waals surface area contributed by atoms with Crippen LogP contribution < -0.4 is 14.3 Å². The Labute approximate surface area is 158 Å². The maximum Gasteiger partial charge on any atom is 0.387 e. The first-order valence-corrected chi connectivity index (χ1v) is 8.85. The number of hydrogen-bond donors (Lipinski definition) is 0. The van der Waals surface area contributed by atoms with Crippen LogP contribution in [0.2, 0.25) is 0 Å². The molecule has 0 radical (unpaired) electrons. The molecular weight excluding hydrogens is 372 g/mol. The van der Waals surface area contributed by atoms with Crippen molar-refractivity contribution in [3.05, 3.63) is 64.3 Å². The largest absolute Gasteiger partial charge is 0.497 e. The van der Waals surface area contributed by atoms with E-state index in [1.807, 2.05) is 29.6 Å². The molecule has 0 spiro atoms. The van der Waals surface area contributed by atoms with Crippen LogP contribution in [0.15, 0.2) is 64.0 Å². The molecule has 3 rings (SSSR count). The number of aromatic nitrogens is 1. The van der Waals surface area contributed by atoms with Gasteiger partial charge in [0.15, 0.2) is 0 Å². The van der Waals surface area contributed by atoms with Crippen LogP contribution in [-0.4, -0.2) is 31.7 Å². The SMILES string of the molecule is CN=c1scc(-c2ccc(OC(F)F)cc2)n1/N=C/c1ccc(OC)cc1. The summed E-state index contributed by atoms with van der Waals surface area (Å²) in [5, 5.41) is 6.44. The standard InChI is InChI=1S/C19H17F2N3O2S/c1-22-19-24(23-11-13-3-7-15(25-2)8-4-13)17(12-27-19)14-5-9-16(10-6-14)26-18(20)21/h3-12,18H,1-2H3/b22-19?,23-11+. The number of ether oxygens (including phenoxy) is 2. The number of hydrogen-bond acceptors (Lipinski definition) is 5. The Morgan fingerprint density at radius 1 is 1.04 bits per heavy atom. The molecule has 140 valence electrons. The highest BCUT2D eigenvalue weighted by Crippen LogP contribution is 2.24. The van der Waals surface area contributed by atoms with Crippen molar-refractivity contribution in [1.29, 1.82) is 0 Å². The lowest BCUT2D eigenvalue weighted by Crippen LogP contribution is -2.11. The summed E-state index contributed by atoms with van der Waals surface area (Å²) < 4.78 is 35.8. The van der Waals surface area contributed by atoms with Gasteiger partial charge in [-0.2, -0.15) is 13.9 Å². The number of rotatable bonds is 6. The van der Waals surface area contributed by atoms with E-state index < -0.39 is 6.61 Å². The van der Waals surface area contributed by atoms with E-state index >= 15 is 0 Å². The summed E-state index contributed by atoms with van der Waals surface area (Å²) in [6.45, 7) is -2.85. The van der Waals surface area contributed by atoms with Gasteiger partial charge in [0, 0.05) is 18.0 Å². The number of nitrogens with zero attached hydrogens (tertiary/aromatic N) is 3.